The molecule has 2 aromatic heterocycles. The molecule has 0 bridgehead atoms. The molecule has 24 heavy (non-hydrogen) atoms. The lowest BCUT2D eigenvalue weighted by Gasteiger charge is -2.16. The van der Waals surface area contributed by atoms with Crippen molar-refractivity contribution in [3.05, 3.63) is 35.6 Å². The molecule has 6 heteroatoms. The molecule has 1 aliphatic heterocycles. The Balaban J connectivity index is 1.56. The highest BCUT2D eigenvalue weighted by molar-refractivity contribution is 5.40. The van der Waals surface area contributed by atoms with Crippen molar-refractivity contribution in [2.75, 3.05) is 18.0 Å². The molecule has 6 nitrogen and oxygen atoms in total. The van der Waals surface area contributed by atoms with Crippen molar-refractivity contribution in [2.45, 2.75) is 58.5 Å². The van der Waals surface area contributed by atoms with Crippen LogP contribution in [0.3, 0.4) is 0 Å². The summed E-state index contributed by atoms with van der Waals surface area (Å²) < 4.78 is 5.38. The van der Waals surface area contributed by atoms with Gasteiger partial charge >= 0.3 is 0 Å². The predicted octanol–water partition coefficient (Wildman–Crippen LogP) is 3.21. The molecule has 3 rings (SSSR count). The van der Waals surface area contributed by atoms with Crippen molar-refractivity contribution < 1.29 is 4.52 Å². The third-order valence-electron chi connectivity index (χ3n) is 4.33. The zero-order chi connectivity index (χ0) is 17.2. The van der Waals surface area contributed by atoms with E-state index in [1.54, 1.807) is 0 Å². The second-order valence-corrected chi connectivity index (χ2v) is 7.53. The van der Waals surface area contributed by atoms with Crippen LogP contribution >= 0.6 is 0 Å². The van der Waals surface area contributed by atoms with E-state index >= 15 is 0 Å². The minimum atomic E-state index is -0.100. The van der Waals surface area contributed by atoms with Gasteiger partial charge in [-0.05, 0) is 31.4 Å². The summed E-state index contributed by atoms with van der Waals surface area (Å²) in [5.74, 6) is 2.44. The van der Waals surface area contributed by atoms with Crippen LogP contribution in [0.1, 0.15) is 63.9 Å². The van der Waals surface area contributed by atoms with Gasteiger partial charge < -0.3 is 14.7 Å². The molecule has 0 spiro atoms. The van der Waals surface area contributed by atoms with E-state index in [1.807, 2.05) is 13.1 Å². The van der Waals surface area contributed by atoms with Gasteiger partial charge in [0.25, 0.3) is 0 Å². The van der Waals surface area contributed by atoms with Gasteiger partial charge in [0, 0.05) is 31.2 Å². The Morgan fingerprint density at radius 2 is 2.00 bits per heavy atom. The molecule has 0 radical (unpaired) electrons. The molecule has 0 amide bonds. The maximum atomic E-state index is 5.38. The fourth-order valence-electron chi connectivity index (χ4n) is 2.73. The minimum absolute atomic E-state index is 0.00635. The third-order valence-corrected chi connectivity index (χ3v) is 4.33. The molecule has 1 fully saturated rings. The zero-order valence-corrected chi connectivity index (χ0v) is 15.0. The highest BCUT2D eigenvalue weighted by Gasteiger charge is 2.23. The summed E-state index contributed by atoms with van der Waals surface area (Å²) in [5, 5.41) is 7.49. The fraction of sp³-hybridized carbons (Fsp3) is 0.611. The smallest absolute Gasteiger partial charge is 0.243 e. The molecule has 1 saturated heterocycles. The second kappa shape index (κ2) is 6.89. The van der Waals surface area contributed by atoms with Gasteiger partial charge in [-0.15, -0.1) is 0 Å². The first-order valence-electron chi connectivity index (χ1n) is 8.71. The first kappa shape index (κ1) is 16.9. The topological polar surface area (TPSA) is 67.1 Å². The van der Waals surface area contributed by atoms with Crippen LogP contribution in [0.25, 0.3) is 0 Å². The lowest BCUT2D eigenvalue weighted by molar-refractivity contribution is 0.330. The van der Waals surface area contributed by atoms with Crippen LogP contribution in [0, 0.1) is 0 Å². The van der Waals surface area contributed by atoms with Crippen LogP contribution in [-0.4, -0.2) is 28.2 Å². The van der Waals surface area contributed by atoms with E-state index in [0.29, 0.717) is 5.89 Å². The fourth-order valence-corrected chi connectivity index (χ4v) is 2.73. The Hall–Kier alpha value is -1.95. The lowest BCUT2D eigenvalue weighted by Crippen LogP contribution is -2.20. The highest BCUT2D eigenvalue weighted by atomic mass is 16.5. The molecule has 1 aliphatic rings. The summed E-state index contributed by atoms with van der Waals surface area (Å²) in [7, 11) is 0. The Morgan fingerprint density at radius 1 is 1.25 bits per heavy atom. The third kappa shape index (κ3) is 3.93. The number of nitrogens with zero attached hydrogens (tertiary/aromatic N) is 4. The van der Waals surface area contributed by atoms with E-state index in [1.165, 1.54) is 12.8 Å². The number of hydrogen-bond donors (Lipinski definition) is 1. The van der Waals surface area contributed by atoms with Crippen LogP contribution in [0.2, 0.25) is 0 Å². The summed E-state index contributed by atoms with van der Waals surface area (Å²) >= 11 is 0. The lowest BCUT2D eigenvalue weighted by atomic mass is 9.96. The molecule has 130 valence electrons. The monoisotopic (exact) mass is 329 g/mol. The highest BCUT2D eigenvalue weighted by Crippen LogP contribution is 2.21. The van der Waals surface area contributed by atoms with Crippen LogP contribution in [0.15, 0.2) is 22.9 Å². The van der Waals surface area contributed by atoms with Crippen molar-refractivity contribution in [2.24, 2.45) is 0 Å². The SMILES string of the molecule is CC(NCc1ccc(N2CCCC2)nc1)c1nc(C(C)(C)C)no1. The van der Waals surface area contributed by atoms with Gasteiger partial charge in [0.15, 0.2) is 5.82 Å². The largest absolute Gasteiger partial charge is 0.357 e. The van der Waals surface area contributed by atoms with Crippen molar-refractivity contribution in [3.63, 3.8) is 0 Å². The van der Waals surface area contributed by atoms with Crippen molar-refractivity contribution in [3.8, 4) is 0 Å². The molecular formula is C18H27N5O. The average molecular weight is 329 g/mol. The molecule has 1 atom stereocenters. The van der Waals surface area contributed by atoms with E-state index in [4.69, 9.17) is 4.52 Å². The number of pyridine rings is 1. The van der Waals surface area contributed by atoms with E-state index in [-0.39, 0.29) is 11.5 Å². The Bertz CT molecular complexity index is 653. The van der Waals surface area contributed by atoms with Gasteiger partial charge in [-0.2, -0.15) is 4.98 Å². The molecule has 1 N–H and O–H groups in total. The number of rotatable bonds is 5. The van der Waals surface area contributed by atoms with Crippen LogP contribution < -0.4 is 10.2 Å². The number of anilines is 1. The van der Waals surface area contributed by atoms with Crippen LogP contribution in [-0.2, 0) is 12.0 Å². The molecule has 0 saturated carbocycles. The van der Waals surface area contributed by atoms with Crippen LogP contribution in [0.5, 0.6) is 0 Å². The predicted molar refractivity (Wildman–Crippen MR) is 93.9 cm³/mol. The van der Waals surface area contributed by atoms with E-state index in [2.05, 4.69) is 58.2 Å². The molecule has 1 unspecified atom stereocenters. The van der Waals surface area contributed by atoms with Gasteiger partial charge in [-0.1, -0.05) is 32.0 Å². The first-order valence-corrected chi connectivity index (χ1v) is 8.71. The van der Waals surface area contributed by atoms with Crippen molar-refractivity contribution in [1.82, 2.24) is 20.4 Å². The summed E-state index contributed by atoms with van der Waals surface area (Å²) in [6.45, 7) is 11.2. The molecule has 0 aromatic carbocycles. The maximum Gasteiger partial charge on any atom is 0.243 e. The minimum Gasteiger partial charge on any atom is -0.357 e. The Kier molecular flexibility index (Phi) is 4.85. The standard InChI is InChI=1S/C18H27N5O/c1-13(16-21-17(22-24-16)18(2,3)4)19-11-14-7-8-15(20-12-14)23-9-5-6-10-23/h7-8,12-13,19H,5-6,9-11H2,1-4H3. The summed E-state index contributed by atoms with van der Waals surface area (Å²) in [4.78, 5) is 11.4. The molecule has 3 heterocycles. The van der Waals surface area contributed by atoms with Gasteiger partial charge in [-0.25, -0.2) is 4.98 Å². The zero-order valence-electron chi connectivity index (χ0n) is 15.0. The van der Waals surface area contributed by atoms with E-state index in [9.17, 15) is 0 Å². The number of hydrogen-bond acceptors (Lipinski definition) is 6. The van der Waals surface area contributed by atoms with E-state index < -0.39 is 0 Å². The summed E-state index contributed by atoms with van der Waals surface area (Å²) in [6, 6.07) is 4.25. The number of nitrogens with one attached hydrogen (secondary N) is 1. The molecule has 0 aliphatic carbocycles. The molecule has 2 aromatic rings. The van der Waals surface area contributed by atoms with Crippen molar-refractivity contribution >= 4 is 5.82 Å². The summed E-state index contributed by atoms with van der Waals surface area (Å²) in [5.41, 5.74) is 1.05. The van der Waals surface area contributed by atoms with Crippen molar-refractivity contribution in [1.29, 1.82) is 0 Å². The first-order chi connectivity index (χ1) is 11.4. The quantitative estimate of drug-likeness (QED) is 0.908. The van der Waals surface area contributed by atoms with Gasteiger partial charge in [0.1, 0.15) is 5.82 Å². The number of aromatic nitrogens is 3. The summed E-state index contributed by atoms with van der Waals surface area (Å²) in [6.07, 6.45) is 4.48. The van der Waals surface area contributed by atoms with Gasteiger partial charge in [0.05, 0.1) is 6.04 Å². The van der Waals surface area contributed by atoms with Gasteiger partial charge in [0.2, 0.25) is 5.89 Å². The average Bonchev–Trinajstić information content (AvgIpc) is 3.23. The van der Waals surface area contributed by atoms with Gasteiger partial charge in [-0.3, -0.25) is 0 Å². The Morgan fingerprint density at radius 3 is 2.58 bits per heavy atom. The molecular weight excluding hydrogens is 302 g/mol. The maximum absolute atomic E-state index is 5.38. The normalized spacial score (nSPS) is 16.6. The van der Waals surface area contributed by atoms with Crippen LogP contribution in [0.4, 0.5) is 5.82 Å². The van der Waals surface area contributed by atoms with E-state index in [0.717, 1.165) is 36.8 Å². The second-order valence-electron chi connectivity index (χ2n) is 7.53. The Labute approximate surface area is 143 Å².